The van der Waals surface area contributed by atoms with Crippen molar-refractivity contribution in [1.29, 1.82) is 0 Å². The Morgan fingerprint density at radius 3 is 2.69 bits per heavy atom. The van der Waals surface area contributed by atoms with Gasteiger partial charge in [0.05, 0.1) is 0 Å². The van der Waals surface area contributed by atoms with Crippen molar-refractivity contribution in [2.24, 2.45) is 0 Å². The molecule has 1 atom stereocenters. The number of nitrogens with zero attached hydrogens (tertiary/aromatic N) is 2. The Morgan fingerprint density at radius 1 is 1.31 bits per heavy atom. The Balaban J connectivity index is 1.65. The van der Waals surface area contributed by atoms with Gasteiger partial charge in [-0.05, 0) is 45.5 Å². The van der Waals surface area contributed by atoms with Crippen LogP contribution in [0.1, 0.15) is 26.2 Å². The van der Waals surface area contributed by atoms with E-state index in [1.807, 2.05) is 0 Å². The molecule has 2 heterocycles. The van der Waals surface area contributed by atoms with Crippen molar-refractivity contribution in [2.45, 2.75) is 32.2 Å². The van der Waals surface area contributed by atoms with E-state index in [9.17, 15) is 0 Å². The van der Waals surface area contributed by atoms with Gasteiger partial charge in [-0.1, -0.05) is 6.08 Å². The molecule has 0 saturated carbocycles. The topological polar surface area (TPSA) is 6.48 Å². The van der Waals surface area contributed by atoms with Crippen molar-refractivity contribution in [3.63, 3.8) is 0 Å². The molecule has 2 rings (SSSR count). The second-order valence-electron chi connectivity index (χ2n) is 4.24. The fraction of sp³-hybridized carbons (Fsp3) is 0.818. The minimum absolute atomic E-state index is 0.736. The molecule has 2 nitrogen and oxygen atoms in total. The van der Waals surface area contributed by atoms with Gasteiger partial charge in [0.1, 0.15) is 0 Å². The lowest BCUT2D eigenvalue weighted by Gasteiger charge is -2.33. The average Bonchev–Trinajstić information content (AvgIpc) is 2.52. The molecule has 74 valence electrons. The molecule has 0 aromatic carbocycles. The summed E-state index contributed by atoms with van der Waals surface area (Å²) in [6.45, 7) is 7.55. The summed E-state index contributed by atoms with van der Waals surface area (Å²) >= 11 is 0. The lowest BCUT2D eigenvalue weighted by Crippen LogP contribution is -2.40. The van der Waals surface area contributed by atoms with Crippen LogP contribution in [-0.2, 0) is 0 Å². The summed E-state index contributed by atoms with van der Waals surface area (Å²) in [6.07, 6.45) is 8.53. The standard InChI is InChI=1S/C11H20N2/c1-11(13-8-2-3-9-13)5-10-12-6-4-7-12/h2,8,11H,3-7,9-10H2,1H3. The molecule has 0 amide bonds. The van der Waals surface area contributed by atoms with E-state index < -0.39 is 0 Å². The lowest BCUT2D eigenvalue weighted by atomic mass is 10.1. The highest BCUT2D eigenvalue weighted by Gasteiger charge is 2.17. The summed E-state index contributed by atoms with van der Waals surface area (Å²) in [5, 5.41) is 0. The van der Waals surface area contributed by atoms with Gasteiger partial charge in [-0.3, -0.25) is 0 Å². The predicted octanol–water partition coefficient (Wildman–Crippen LogP) is 1.69. The van der Waals surface area contributed by atoms with E-state index in [1.54, 1.807) is 0 Å². The first-order valence-corrected chi connectivity index (χ1v) is 5.51. The predicted molar refractivity (Wildman–Crippen MR) is 55.6 cm³/mol. The van der Waals surface area contributed by atoms with Gasteiger partial charge in [0.15, 0.2) is 0 Å². The van der Waals surface area contributed by atoms with Crippen molar-refractivity contribution < 1.29 is 0 Å². The smallest absolute Gasteiger partial charge is 0.0268 e. The Labute approximate surface area is 81.2 Å². The van der Waals surface area contributed by atoms with E-state index in [-0.39, 0.29) is 0 Å². The Hall–Kier alpha value is -0.500. The van der Waals surface area contributed by atoms with Crippen LogP contribution in [0.15, 0.2) is 12.3 Å². The van der Waals surface area contributed by atoms with Crippen molar-refractivity contribution >= 4 is 0 Å². The largest absolute Gasteiger partial charge is 0.375 e. The van der Waals surface area contributed by atoms with Gasteiger partial charge >= 0.3 is 0 Å². The van der Waals surface area contributed by atoms with Crippen molar-refractivity contribution in [2.75, 3.05) is 26.2 Å². The molecule has 0 radical (unpaired) electrons. The van der Waals surface area contributed by atoms with Crippen molar-refractivity contribution in [3.05, 3.63) is 12.3 Å². The minimum Gasteiger partial charge on any atom is -0.375 e. The Bertz CT molecular complexity index is 185. The van der Waals surface area contributed by atoms with Crippen LogP contribution >= 0.6 is 0 Å². The maximum atomic E-state index is 2.55. The van der Waals surface area contributed by atoms with Crippen LogP contribution in [0.3, 0.4) is 0 Å². The average molecular weight is 180 g/mol. The molecule has 2 aliphatic heterocycles. The first-order valence-electron chi connectivity index (χ1n) is 5.51. The highest BCUT2D eigenvalue weighted by molar-refractivity contribution is 4.93. The van der Waals surface area contributed by atoms with Crippen LogP contribution in [0.4, 0.5) is 0 Å². The zero-order valence-electron chi connectivity index (χ0n) is 8.58. The molecule has 13 heavy (non-hydrogen) atoms. The number of rotatable bonds is 4. The molecule has 1 unspecified atom stereocenters. The maximum absolute atomic E-state index is 2.55. The second kappa shape index (κ2) is 4.14. The normalized spacial score (nSPS) is 24.8. The summed E-state index contributed by atoms with van der Waals surface area (Å²) in [6, 6.07) is 0.736. The van der Waals surface area contributed by atoms with Crippen LogP contribution in [0.5, 0.6) is 0 Å². The van der Waals surface area contributed by atoms with Gasteiger partial charge in [0, 0.05) is 19.1 Å². The Morgan fingerprint density at radius 2 is 2.15 bits per heavy atom. The van der Waals surface area contributed by atoms with Gasteiger partial charge in [0.2, 0.25) is 0 Å². The monoisotopic (exact) mass is 180 g/mol. The highest BCUT2D eigenvalue weighted by Crippen LogP contribution is 2.14. The second-order valence-corrected chi connectivity index (χ2v) is 4.24. The zero-order valence-corrected chi connectivity index (χ0v) is 8.58. The molecular formula is C11H20N2. The molecule has 0 bridgehead atoms. The molecule has 0 N–H and O–H groups in total. The molecule has 0 aliphatic carbocycles. The maximum Gasteiger partial charge on any atom is 0.0268 e. The van der Waals surface area contributed by atoms with Crippen LogP contribution in [0, 0.1) is 0 Å². The minimum atomic E-state index is 0.736. The molecule has 0 aromatic heterocycles. The summed E-state index contributed by atoms with van der Waals surface area (Å²) < 4.78 is 0. The number of hydrogen-bond donors (Lipinski definition) is 0. The third kappa shape index (κ3) is 2.25. The summed E-state index contributed by atoms with van der Waals surface area (Å²) in [4.78, 5) is 5.02. The van der Waals surface area contributed by atoms with Crippen molar-refractivity contribution in [3.8, 4) is 0 Å². The Kier molecular flexibility index (Phi) is 2.89. The molecule has 2 aliphatic rings. The third-order valence-corrected chi connectivity index (χ3v) is 3.23. The van der Waals surface area contributed by atoms with E-state index in [2.05, 4.69) is 29.0 Å². The lowest BCUT2D eigenvalue weighted by molar-refractivity contribution is 0.160. The van der Waals surface area contributed by atoms with Gasteiger partial charge in [-0.15, -0.1) is 0 Å². The van der Waals surface area contributed by atoms with Crippen LogP contribution < -0.4 is 0 Å². The van der Waals surface area contributed by atoms with Gasteiger partial charge < -0.3 is 9.80 Å². The molecule has 0 aromatic rings. The van der Waals surface area contributed by atoms with Crippen LogP contribution in [0.25, 0.3) is 0 Å². The highest BCUT2D eigenvalue weighted by atomic mass is 15.2. The van der Waals surface area contributed by atoms with Gasteiger partial charge in [-0.2, -0.15) is 0 Å². The molecule has 0 spiro atoms. The fourth-order valence-electron chi connectivity index (χ4n) is 2.02. The van der Waals surface area contributed by atoms with E-state index in [4.69, 9.17) is 0 Å². The summed E-state index contributed by atoms with van der Waals surface area (Å²) in [5.41, 5.74) is 0. The van der Waals surface area contributed by atoms with E-state index >= 15 is 0 Å². The zero-order chi connectivity index (χ0) is 9.10. The number of hydrogen-bond acceptors (Lipinski definition) is 2. The first kappa shape index (κ1) is 9.07. The van der Waals surface area contributed by atoms with Crippen LogP contribution in [-0.4, -0.2) is 42.0 Å². The summed E-state index contributed by atoms with van der Waals surface area (Å²) in [7, 11) is 0. The van der Waals surface area contributed by atoms with Crippen LogP contribution in [0.2, 0.25) is 0 Å². The quantitative estimate of drug-likeness (QED) is 0.649. The van der Waals surface area contributed by atoms with Crippen molar-refractivity contribution in [1.82, 2.24) is 9.80 Å². The number of likely N-dealkylation sites (tertiary alicyclic amines) is 1. The SMILES string of the molecule is CC(CCN1CCC1)N1C=CCC1. The fourth-order valence-corrected chi connectivity index (χ4v) is 2.02. The molecule has 1 fully saturated rings. The molecular weight excluding hydrogens is 160 g/mol. The van der Waals surface area contributed by atoms with E-state index in [1.165, 1.54) is 45.4 Å². The summed E-state index contributed by atoms with van der Waals surface area (Å²) in [5.74, 6) is 0. The van der Waals surface area contributed by atoms with E-state index in [0.717, 1.165) is 6.04 Å². The first-order chi connectivity index (χ1) is 6.36. The van der Waals surface area contributed by atoms with E-state index in [0.29, 0.717) is 0 Å². The van der Waals surface area contributed by atoms with Gasteiger partial charge in [-0.25, -0.2) is 0 Å². The third-order valence-electron chi connectivity index (χ3n) is 3.23. The molecule has 2 heteroatoms. The van der Waals surface area contributed by atoms with Gasteiger partial charge in [0.25, 0.3) is 0 Å². The molecule has 1 saturated heterocycles.